The van der Waals surface area contributed by atoms with Crippen LogP contribution in [0.15, 0.2) is 0 Å². The Kier molecular flexibility index (Phi) is 4.91. The van der Waals surface area contributed by atoms with Gasteiger partial charge in [0.15, 0.2) is 0 Å². The van der Waals surface area contributed by atoms with Crippen molar-refractivity contribution in [2.24, 2.45) is 0 Å². The van der Waals surface area contributed by atoms with Gasteiger partial charge in [0.1, 0.15) is 0 Å². The van der Waals surface area contributed by atoms with E-state index >= 15 is 0 Å². The molecule has 0 aliphatic carbocycles. The molecule has 2 aliphatic rings. The maximum atomic E-state index is 3.82. The summed E-state index contributed by atoms with van der Waals surface area (Å²) in [7, 11) is 2.27. The molecule has 1 N–H and O–H groups in total. The second kappa shape index (κ2) is 6.11. The number of likely N-dealkylation sites (tertiary alicyclic amines) is 1. The zero-order chi connectivity index (χ0) is 14.0. The standard InChI is InChI=1S/C16H33N3/c1-6-16(7-2)12-19(14(4)11-17-16)15-8-9-18(5)13(3)10-15/h13-15,17H,6-12H2,1-5H3. The third kappa shape index (κ3) is 3.14. The maximum absolute atomic E-state index is 3.82. The van der Waals surface area contributed by atoms with Crippen molar-refractivity contribution in [2.45, 2.75) is 77.0 Å². The Labute approximate surface area is 119 Å². The number of piperidine rings is 1. The van der Waals surface area contributed by atoms with Crippen LogP contribution in [0, 0.1) is 0 Å². The number of nitrogens with one attached hydrogen (secondary N) is 1. The highest BCUT2D eigenvalue weighted by Crippen LogP contribution is 2.29. The number of rotatable bonds is 3. The van der Waals surface area contributed by atoms with Gasteiger partial charge in [0.05, 0.1) is 0 Å². The van der Waals surface area contributed by atoms with Crippen LogP contribution in [0.1, 0.15) is 53.4 Å². The molecule has 3 nitrogen and oxygen atoms in total. The minimum atomic E-state index is 0.360. The van der Waals surface area contributed by atoms with Crippen molar-refractivity contribution in [1.82, 2.24) is 15.1 Å². The van der Waals surface area contributed by atoms with Crippen LogP contribution in [0.2, 0.25) is 0 Å². The molecule has 0 aromatic rings. The minimum Gasteiger partial charge on any atom is -0.308 e. The molecule has 0 spiro atoms. The van der Waals surface area contributed by atoms with Crippen molar-refractivity contribution < 1.29 is 0 Å². The Hall–Kier alpha value is -0.120. The van der Waals surface area contributed by atoms with E-state index in [1.165, 1.54) is 38.8 Å². The number of nitrogens with zero attached hydrogens (tertiary/aromatic N) is 2. The van der Waals surface area contributed by atoms with Crippen LogP contribution in [0.3, 0.4) is 0 Å². The summed E-state index contributed by atoms with van der Waals surface area (Å²) in [5, 5.41) is 3.82. The van der Waals surface area contributed by atoms with Crippen LogP contribution < -0.4 is 5.32 Å². The predicted molar refractivity (Wildman–Crippen MR) is 82.6 cm³/mol. The van der Waals surface area contributed by atoms with Gasteiger partial charge in [-0.15, -0.1) is 0 Å². The molecule has 2 heterocycles. The third-order valence-electron chi connectivity index (χ3n) is 5.83. The molecule has 0 amide bonds. The SMILES string of the molecule is CCC1(CC)CN(C2CCN(C)C(C)C2)C(C)CN1. The molecule has 0 saturated carbocycles. The first-order valence-corrected chi connectivity index (χ1v) is 8.22. The first-order valence-electron chi connectivity index (χ1n) is 8.22. The minimum absolute atomic E-state index is 0.360. The Balaban J connectivity index is 2.05. The summed E-state index contributed by atoms with van der Waals surface area (Å²) in [5.41, 5.74) is 0.360. The Morgan fingerprint density at radius 2 is 1.84 bits per heavy atom. The molecular formula is C16H33N3. The van der Waals surface area contributed by atoms with E-state index < -0.39 is 0 Å². The van der Waals surface area contributed by atoms with Crippen molar-refractivity contribution in [3.63, 3.8) is 0 Å². The predicted octanol–water partition coefficient (Wildman–Crippen LogP) is 2.32. The second-order valence-electron chi connectivity index (χ2n) is 6.90. The van der Waals surface area contributed by atoms with E-state index in [1.54, 1.807) is 0 Å². The van der Waals surface area contributed by atoms with Crippen molar-refractivity contribution in [3.8, 4) is 0 Å². The highest BCUT2D eigenvalue weighted by atomic mass is 15.3. The topological polar surface area (TPSA) is 18.5 Å². The molecule has 3 unspecified atom stereocenters. The number of hydrogen-bond donors (Lipinski definition) is 1. The van der Waals surface area contributed by atoms with Crippen LogP contribution in [0.5, 0.6) is 0 Å². The average molecular weight is 267 g/mol. The normalized spacial score (nSPS) is 37.4. The average Bonchev–Trinajstić information content (AvgIpc) is 2.43. The van der Waals surface area contributed by atoms with Crippen molar-refractivity contribution in [1.29, 1.82) is 0 Å². The highest BCUT2D eigenvalue weighted by Gasteiger charge is 2.39. The molecule has 0 aromatic carbocycles. The summed E-state index contributed by atoms with van der Waals surface area (Å²) >= 11 is 0. The van der Waals surface area contributed by atoms with Crippen LogP contribution in [0.25, 0.3) is 0 Å². The van der Waals surface area contributed by atoms with Gasteiger partial charge in [-0.05, 0) is 53.1 Å². The Morgan fingerprint density at radius 3 is 2.42 bits per heavy atom. The molecule has 0 bridgehead atoms. The lowest BCUT2D eigenvalue weighted by Gasteiger charge is -2.51. The van der Waals surface area contributed by atoms with Gasteiger partial charge in [0, 0.05) is 36.8 Å². The lowest BCUT2D eigenvalue weighted by molar-refractivity contribution is 0.00852. The van der Waals surface area contributed by atoms with Crippen molar-refractivity contribution in [2.75, 3.05) is 26.7 Å². The van der Waals surface area contributed by atoms with Crippen LogP contribution in [-0.2, 0) is 0 Å². The molecule has 3 heteroatoms. The van der Waals surface area contributed by atoms with Crippen molar-refractivity contribution >= 4 is 0 Å². The molecule has 2 fully saturated rings. The molecule has 3 atom stereocenters. The quantitative estimate of drug-likeness (QED) is 0.846. The lowest BCUT2D eigenvalue weighted by atomic mass is 9.86. The fourth-order valence-corrected chi connectivity index (χ4v) is 3.82. The van der Waals surface area contributed by atoms with Gasteiger partial charge in [-0.1, -0.05) is 13.8 Å². The molecule has 2 rings (SSSR count). The lowest BCUT2D eigenvalue weighted by Crippen LogP contribution is -2.66. The molecule has 19 heavy (non-hydrogen) atoms. The molecule has 0 aromatic heterocycles. The van der Waals surface area contributed by atoms with Crippen molar-refractivity contribution in [3.05, 3.63) is 0 Å². The van der Waals surface area contributed by atoms with Crippen LogP contribution in [-0.4, -0.2) is 60.1 Å². The molecule has 2 saturated heterocycles. The molecule has 2 aliphatic heterocycles. The second-order valence-corrected chi connectivity index (χ2v) is 6.90. The van der Waals surface area contributed by atoms with E-state index in [0.717, 1.165) is 18.6 Å². The summed E-state index contributed by atoms with van der Waals surface area (Å²) in [6, 6.07) is 2.21. The fourth-order valence-electron chi connectivity index (χ4n) is 3.82. The van der Waals surface area contributed by atoms with E-state index in [2.05, 4.69) is 49.9 Å². The fraction of sp³-hybridized carbons (Fsp3) is 1.00. The van der Waals surface area contributed by atoms with Crippen LogP contribution >= 0.6 is 0 Å². The summed E-state index contributed by atoms with van der Waals surface area (Å²) in [6.07, 6.45) is 5.17. The van der Waals surface area contributed by atoms with Gasteiger partial charge in [0.25, 0.3) is 0 Å². The molecular weight excluding hydrogens is 234 g/mol. The zero-order valence-electron chi connectivity index (χ0n) is 13.6. The van der Waals surface area contributed by atoms with Crippen LogP contribution in [0.4, 0.5) is 0 Å². The van der Waals surface area contributed by atoms with E-state index in [1.807, 2.05) is 0 Å². The molecule has 0 radical (unpaired) electrons. The van der Waals surface area contributed by atoms with E-state index in [-0.39, 0.29) is 0 Å². The summed E-state index contributed by atoms with van der Waals surface area (Å²) in [6.45, 7) is 13.1. The smallest absolute Gasteiger partial charge is 0.0304 e. The highest BCUT2D eigenvalue weighted by molar-refractivity contribution is 4.98. The molecule has 112 valence electrons. The first kappa shape index (κ1) is 15.3. The van der Waals surface area contributed by atoms with Gasteiger partial charge in [-0.2, -0.15) is 0 Å². The van der Waals surface area contributed by atoms with Gasteiger partial charge >= 0.3 is 0 Å². The number of hydrogen-bond acceptors (Lipinski definition) is 3. The number of piperazine rings is 1. The van der Waals surface area contributed by atoms with Gasteiger partial charge in [-0.3, -0.25) is 4.90 Å². The maximum Gasteiger partial charge on any atom is 0.0304 e. The Bertz CT molecular complexity index is 288. The monoisotopic (exact) mass is 267 g/mol. The van der Waals surface area contributed by atoms with Gasteiger partial charge in [0.2, 0.25) is 0 Å². The largest absolute Gasteiger partial charge is 0.308 e. The van der Waals surface area contributed by atoms with Gasteiger partial charge < -0.3 is 10.2 Å². The summed E-state index contributed by atoms with van der Waals surface area (Å²) < 4.78 is 0. The zero-order valence-corrected chi connectivity index (χ0v) is 13.6. The third-order valence-corrected chi connectivity index (χ3v) is 5.83. The van der Waals surface area contributed by atoms with E-state index in [9.17, 15) is 0 Å². The Morgan fingerprint density at radius 1 is 1.16 bits per heavy atom. The summed E-state index contributed by atoms with van der Waals surface area (Å²) in [5.74, 6) is 0. The van der Waals surface area contributed by atoms with E-state index in [4.69, 9.17) is 0 Å². The van der Waals surface area contributed by atoms with Gasteiger partial charge in [-0.25, -0.2) is 0 Å². The summed E-state index contributed by atoms with van der Waals surface area (Å²) in [4.78, 5) is 5.32. The first-order chi connectivity index (χ1) is 9.01. The van der Waals surface area contributed by atoms with E-state index in [0.29, 0.717) is 11.6 Å².